The molecule has 9 heteroatoms. The Bertz CT molecular complexity index is 906. The Labute approximate surface area is 151 Å². The van der Waals surface area contributed by atoms with Gasteiger partial charge in [-0.3, -0.25) is 4.79 Å². The predicted octanol–water partition coefficient (Wildman–Crippen LogP) is 2.47. The fraction of sp³-hybridized carbons (Fsp3) is 0.412. The summed E-state index contributed by atoms with van der Waals surface area (Å²) in [6.45, 7) is 3.46. The first-order chi connectivity index (χ1) is 12.3. The van der Waals surface area contributed by atoms with Crippen LogP contribution in [0.1, 0.15) is 24.3 Å². The Balaban J connectivity index is 1.77. The molecule has 0 aliphatic carbocycles. The van der Waals surface area contributed by atoms with E-state index in [1.807, 2.05) is 0 Å². The summed E-state index contributed by atoms with van der Waals surface area (Å²) < 4.78 is 45.8. The molecule has 2 heterocycles. The highest BCUT2D eigenvalue weighted by Gasteiger charge is 2.36. The van der Waals surface area contributed by atoms with Gasteiger partial charge in [-0.25, -0.2) is 12.8 Å². The molecule has 7 nitrogen and oxygen atoms in total. The highest BCUT2D eigenvalue weighted by Crippen LogP contribution is 2.28. The molecular formula is C17H20FN3O4S. The first kappa shape index (κ1) is 18.5. The lowest BCUT2D eigenvalue weighted by atomic mass is 9.98. The second-order valence-corrected chi connectivity index (χ2v) is 8.20. The van der Waals surface area contributed by atoms with Gasteiger partial charge in [-0.05, 0) is 38.8 Å². The standard InChI is InChI=1S/C17H20FN3O4S/c1-11-16(12(2)25-20-11)26(23,24)21-9-5-6-13(10-21)17(22)19-15-8-4-3-7-14(15)18/h3-4,7-8,13H,5-6,9-10H2,1-2H3,(H,19,22). The van der Waals surface area contributed by atoms with E-state index in [1.54, 1.807) is 19.9 Å². The number of amides is 1. The number of aryl methyl sites for hydroxylation is 2. The monoisotopic (exact) mass is 381 g/mol. The number of piperidine rings is 1. The van der Waals surface area contributed by atoms with Gasteiger partial charge in [0.1, 0.15) is 16.4 Å². The summed E-state index contributed by atoms with van der Waals surface area (Å²) in [6.07, 6.45) is 1.08. The van der Waals surface area contributed by atoms with Crippen LogP contribution in [0.3, 0.4) is 0 Å². The maximum absolute atomic E-state index is 13.7. The quantitative estimate of drug-likeness (QED) is 0.878. The molecule has 0 bridgehead atoms. The maximum Gasteiger partial charge on any atom is 0.248 e. The van der Waals surface area contributed by atoms with E-state index in [4.69, 9.17) is 4.52 Å². The van der Waals surface area contributed by atoms with Crippen LogP contribution in [0.5, 0.6) is 0 Å². The lowest BCUT2D eigenvalue weighted by Crippen LogP contribution is -2.44. The molecule has 1 aromatic heterocycles. The van der Waals surface area contributed by atoms with E-state index in [0.717, 1.165) is 0 Å². The third-order valence-corrected chi connectivity index (χ3v) is 6.56. The van der Waals surface area contributed by atoms with Crippen LogP contribution in [0.4, 0.5) is 10.1 Å². The molecule has 0 saturated carbocycles. The number of carbonyl (C=O) groups excluding carboxylic acids is 1. The molecule has 1 unspecified atom stereocenters. The first-order valence-electron chi connectivity index (χ1n) is 8.29. The molecule has 1 saturated heterocycles. The SMILES string of the molecule is Cc1noc(C)c1S(=O)(=O)N1CCCC(C(=O)Nc2ccccc2F)C1. The fourth-order valence-corrected chi connectivity index (χ4v) is 4.96. The van der Waals surface area contributed by atoms with Gasteiger partial charge >= 0.3 is 0 Å². The van der Waals surface area contributed by atoms with Gasteiger partial charge in [-0.1, -0.05) is 17.3 Å². The molecule has 1 aliphatic rings. The van der Waals surface area contributed by atoms with Crippen molar-refractivity contribution in [1.82, 2.24) is 9.46 Å². The molecule has 0 radical (unpaired) electrons. The number of sulfonamides is 1. The maximum atomic E-state index is 13.7. The zero-order chi connectivity index (χ0) is 18.9. The van der Waals surface area contributed by atoms with Crippen LogP contribution >= 0.6 is 0 Å². The van der Waals surface area contributed by atoms with E-state index in [2.05, 4.69) is 10.5 Å². The minimum atomic E-state index is -3.80. The summed E-state index contributed by atoms with van der Waals surface area (Å²) in [5.74, 6) is -1.26. The van der Waals surface area contributed by atoms with Crippen LogP contribution < -0.4 is 5.32 Å². The Morgan fingerprint density at radius 2 is 2.08 bits per heavy atom. The van der Waals surface area contributed by atoms with Gasteiger partial charge in [0.15, 0.2) is 5.76 Å². The highest BCUT2D eigenvalue weighted by molar-refractivity contribution is 7.89. The molecule has 140 valence electrons. The molecule has 0 spiro atoms. The van der Waals surface area contributed by atoms with Gasteiger partial charge in [0.2, 0.25) is 15.9 Å². The summed E-state index contributed by atoms with van der Waals surface area (Å²) in [4.78, 5) is 12.5. The van der Waals surface area contributed by atoms with Gasteiger partial charge < -0.3 is 9.84 Å². The molecule has 1 aromatic carbocycles. The predicted molar refractivity (Wildman–Crippen MR) is 92.5 cm³/mol. The normalized spacial score (nSPS) is 18.7. The largest absolute Gasteiger partial charge is 0.360 e. The number of para-hydroxylation sites is 1. The van der Waals surface area contributed by atoms with Gasteiger partial charge in [-0.15, -0.1) is 0 Å². The van der Waals surface area contributed by atoms with Crippen LogP contribution in [0.15, 0.2) is 33.7 Å². The Morgan fingerprint density at radius 1 is 1.35 bits per heavy atom. The van der Waals surface area contributed by atoms with E-state index in [-0.39, 0.29) is 22.9 Å². The number of nitrogens with zero attached hydrogens (tertiary/aromatic N) is 2. The number of benzene rings is 1. The fourth-order valence-electron chi connectivity index (χ4n) is 3.14. The van der Waals surface area contributed by atoms with E-state index < -0.39 is 27.7 Å². The van der Waals surface area contributed by atoms with Crippen LogP contribution in [0.25, 0.3) is 0 Å². The number of hydrogen-bond donors (Lipinski definition) is 1. The van der Waals surface area contributed by atoms with Crippen LogP contribution in [-0.2, 0) is 14.8 Å². The lowest BCUT2D eigenvalue weighted by Gasteiger charge is -2.31. The number of rotatable bonds is 4. The minimum Gasteiger partial charge on any atom is -0.360 e. The van der Waals surface area contributed by atoms with Crippen molar-refractivity contribution in [3.8, 4) is 0 Å². The number of nitrogens with one attached hydrogen (secondary N) is 1. The molecular weight excluding hydrogens is 361 g/mol. The highest BCUT2D eigenvalue weighted by atomic mass is 32.2. The topological polar surface area (TPSA) is 92.5 Å². The van der Waals surface area contributed by atoms with Gasteiger partial charge in [0.05, 0.1) is 11.6 Å². The number of aromatic nitrogens is 1. The van der Waals surface area contributed by atoms with Crippen molar-refractivity contribution in [1.29, 1.82) is 0 Å². The molecule has 26 heavy (non-hydrogen) atoms. The van der Waals surface area contributed by atoms with Crippen molar-refractivity contribution < 1.29 is 22.1 Å². The van der Waals surface area contributed by atoms with E-state index in [1.165, 1.54) is 22.5 Å². The molecule has 1 aliphatic heterocycles. The van der Waals surface area contributed by atoms with Crippen molar-refractivity contribution in [2.45, 2.75) is 31.6 Å². The Morgan fingerprint density at radius 3 is 2.73 bits per heavy atom. The molecule has 3 rings (SSSR count). The number of halogens is 1. The Kier molecular flexibility index (Phi) is 5.10. The molecule has 2 aromatic rings. The average molecular weight is 381 g/mol. The van der Waals surface area contributed by atoms with Crippen molar-refractivity contribution in [2.24, 2.45) is 5.92 Å². The van der Waals surface area contributed by atoms with Crippen LogP contribution in [0, 0.1) is 25.6 Å². The molecule has 1 atom stereocenters. The first-order valence-corrected chi connectivity index (χ1v) is 9.73. The second-order valence-electron chi connectivity index (χ2n) is 6.32. The van der Waals surface area contributed by atoms with Gasteiger partial charge in [0, 0.05) is 13.1 Å². The summed E-state index contributed by atoms with van der Waals surface area (Å²) in [7, 11) is -3.80. The van der Waals surface area contributed by atoms with Crippen molar-refractivity contribution in [2.75, 3.05) is 18.4 Å². The third-order valence-electron chi connectivity index (χ3n) is 4.45. The summed E-state index contributed by atoms with van der Waals surface area (Å²) >= 11 is 0. The molecule has 1 fully saturated rings. The van der Waals surface area contributed by atoms with Gasteiger partial charge in [-0.2, -0.15) is 4.31 Å². The number of anilines is 1. The zero-order valence-corrected chi connectivity index (χ0v) is 15.3. The third kappa shape index (κ3) is 3.49. The van der Waals surface area contributed by atoms with E-state index >= 15 is 0 Å². The van der Waals surface area contributed by atoms with Crippen molar-refractivity contribution in [3.05, 3.63) is 41.5 Å². The van der Waals surface area contributed by atoms with E-state index in [0.29, 0.717) is 25.1 Å². The minimum absolute atomic E-state index is 0.0344. The van der Waals surface area contributed by atoms with Crippen LogP contribution in [0.2, 0.25) is 0 Å². The second kappa shape index (κ2) is 7.16. The van der Waals surface area contributed by atoms with Crippen LogP contribution in [-0.4, -0.2) is 36.9 Å². The number of carbonyl (C=O) groups is 1. The van der Waals surface area contributed by atoms with Crippen molar-refractivity contribution >= 4 is 21.6 Å². The zero-order valence-electron chi connectivity index (χ0n) is 14.5. The lowest BCUT2D eigenvalue weighted by molar-refractivity contribution is -0.120. The summed E-state index contributed by atoms with van der Waals surface area (Å²) in [5.41, 5.74) is 0.378. The molecule has 1 N–H and O–H groups in total. The van der Waals surface area contributed by atoms with Crippen molar-refractivity contribution in [3.63, 3.8) is 0 Å². The smallest absolute Gasteiger partial charge is 0.248 e. The average Bonchev–Trinajstić information content (AvgIpc) is 2.96. The molecule has 1 amide bonds. The number of hydrogen-bond acceptors (Lipinski definition) is 5. The Hall–Kier alpha value is -2.26. The van der Waals surface area contributed by atoms with E-state index in [9.17, 15) is 17.6 Å². The summed E-state index contributed by atoms with van der Waals surface area (Å²) in [5, 5.41) is 6.24. The summed E-state index contributed by atoms with van der Waals surface area (Å²) in [6, 6.07) is 5.87. The van der Waals surface area contributed by atoms with Gasteiger partial charge in [0.25, 0.3) is 0 Å².